The quantitative estimate of drug-likeness (QED) is 0.786. The van der Waals surface area contributed by atoms with Crippen molar-refractivity contribution in [3.05, 3.63) is 40.6 Å². The van der Waals surface area contributed by atoms with E-state index in [4.69, 9.17) is 16.0 Å². The molecule has 0 aliphatic rings. The van der Waals surface area contributed by atoms with Gasteiger partial charge in [-0.2, -0.15) is 5.10 Å². The molecule has 0 spiro atoms. The Morgan fingerprint density at radius 3 is 2.94 bits per heavy atom. The Morgan fingerprint density at radius 2 is 2.35 bits per heavy atom. The number of carbonyl (C=O) groups is 1. The average Bonchev–Trinajstić information content (AvgIpc) is 2.84. The maximum Gasteiger partial charge on any atom is 0.203 e. The summed E-state index contributed by atoms with van der Waals surface area (Å²) >= 11 is 5.77. The van der Waals surface area contributed by atoms with Crippen LogP contribution >= 0.6 is 11.6 Å². The molecular formula is C12H13ClN2O2. The molecule has 0 radical (unpaired) electrons. The minimum absolute atomic E-state index is 0.0571. The molecule has 2 aromatic rings. The zero-order valence-electron chi connectivity index (χ0n) is 9.74. The van der Waals surface area contributed by atoms with Crippen molar-refractivity contribution in [1.29, 1.82) is 0 Å². The van der Waals surface area contributed by atoms with Crippen LogP contribution in [0.3, 0.4) is 0 Å². The lowest BCUT2D eigenvalue weighted by Crippen LogP contribution is -2.09. The second-order valence-corrected chi connectivity index (χ2v) is 4.14. The normalized spacial score (nSPS) is 10.8. The van der Waals surface area contributed by atoms with E-state index in [9.17, 15) is 4.79 Å². The van der Waals surface area contributed by atoms with Crippen molar-refractivity contribution in [1.82, 2.24) is 9.78 Å². The van der Waals surface area contributed by atoms with Crippen LogP contribution < -0.4 is 0 Å². The number of nitrogens with zero attached hydrogens (tertiary/aromatic N) is 2. The summed E-state index contributed by atoms with van der Waals surface area (Å²) in [5, 5.41) is 4.44. The summed E-state index contributed by atoms with van der Waals surface area (Å²) in [6.45, 7) is 4.64. The molecule has 0 aliphatic carbocycles. The molecule has 2 rings (SSSR count). The maximum absolute atomic E-state index is 12.0. The first-order chi connectivity index (χ1) is 8.11. The first-order valence-corrected chi connectivity index (χ1v) is 5.79. The number of aromatic nitrogens is 2. The fourth-order valence-corrected chi connectivity index (χ4v) is 1.99. The van der Waals surface area contributed by atoms with Gasteiger partial charge < -0.3 is 4.42 Å². The molecular weight excluding hydrogens is 240 g/mol. The van der Waals surface area contributed by atoms with Gasteiger partial charge in [-0.3, -0.25) is 9.48 Å². The highest BCUT2D eigenvalue weighted by molar-refractivity contribution is 6.32. The van der Waals surface area contributed by atoms with E-state index in [2.05, 4.69) is 5.10 Å². The predicted molar refractivity (Wildman–Crippen MR) is 64.4 cm³/mol. The standard InChI is InChI=1S/C12H13ClN2O2/c1-3-15-9(6-8(2)14-15)7-11(16)10-4-5-17-12(10)13/h4-6H,3,7H2,1-2H3. The highest BCUT2D eigenvalue weighted by Crippen LogP contribution is 2.19. The molecule has 0 amide bonds. The molecule has 0 aromatic carbocycles. The van der Waals surface area contributed by atoms with E-state index in [1.165, 1.54) is 6.26 Å². The Morgan fingerprint density at radius 1 is 1.59 bits per heavy atom. The van der Waals surface area contributed by atoms with E-state index < -0.39 is 0 Å². The van der Waals surface area contributed by atoms with Gasteiger partial charge in [-0.1, -0.05) is 0 Å². The van der Waals surface area contributed by atoms with Crippen LogP contribution in [0.25, 0.3) is 0 Å². The van der Waals surface area contributed by atoms with Gasteiger partial charge in [0.25, 0.3) is 0 Å². The third-order valence-electron chi connectivity index (χ3n) is 2.55. The van der Waals surface area contributed by atoms with E-state index in [0.717, 1.165) is 17.9 Å². The lowest BCUT2D eigenvalue weighted by Gasteiger charge is -2.02. The molecule has 0 saturated carbocycles. The van der Waals surface area contributed by atoms with Gasteiger partial charge in [0.05, 0.1) is 23.9 Å². The summed E-state index contributed by atoms with van der Waals surface area (Å²) in [5.74, 6) is -0.0571. The summed E-state index contributed by atoms with van der Waals surface area (Å²) in [6, 6.07) is 3.50. The monoisotopic (exact) mass is 252 g/mol. The van der Waals surface area contributed by atoms with Crippen LogP contribution in [-0.2, 0) is 13.0 Å². The van der Waals surface area contributed by atoms with E-state index in [1.54, 1.807) is 6.07 Å². The molecule has 0 atom stereocenters. The van der Waals surface area contributed by atoms with E-state index in [1.807, 2.05) is 24.6 Å². The van der Waals surface area contributed by atoms with Crippen LogP contribution in [0.1, 0.15) is 28.7 Å². The van der Waals surface area contributed by atoms with Crippen LogP contribution in [0.5, 0.6) is 0 Å². The lowest BCUT2D eigenvalue weighted by atomic mass is 10.1. The highest BCUT2D eigenvalue weighted by Gasteiger charge is 2.16. The number of Topliss-reactive ketones (excluding diaryl/α,β-unsaturated/α-hetero) is 1. The fourth-order valence-electron chi connectivity index (χ4n) is 1.77. The molecule has 0 fully saturated rings. The van der Waals surface area contributed by atoms with Crippen LogP contribution in [0.2, 0.25) is 5.22 Å². The first-order valence-electron chi connectivity index (χ1n) is 5.41. The fraction of sp³-hybridized carbons (Fsp3) is 0.333. The van der Waals surface area contributed by atoms with Gasteiger partial charge in [0.2, 0.25) is 5.22 Å². The van der Waals surface area contributed by atoms with Gasteiger partial charge in [0.15, 0.2) is 5.78 Å². The molecule has 2 aromatic heterocycles. The second-order valence-electron chi connectivity index (χ2n) is 3.80. The van der Waals surface area contributed by atoms with Crippen molar-refractivity contribution in [3.8, 4) is 0 Å². The van der Waals surface area contributed by atoms with E-state index in [-0.39, 0.29) is 17.4 Å². The number of furan rings is 1. The Bertz CT molecular complexity index is 542. The summed E-state index contributed by atoms with van der Waals surface area (Å²) < 4.78 is 6.73. The van der Waals surface area contributed by atoms with Crippen molar-refractivity contribution in [2.75, 3.05) is 0 Å². The Hall–Kier alpha value is -1.55. The van der Waals surface area contributed by atoms with Gasteiger partial charge in [-0.05, 0) is 37.6 Å². The van der Waals surface area contributed by atoms with Gasteiger partial charge >= 0.3 is 0 Å². The predicted octanol–water partition coefficient (Wildman–Crippen LogP) is 2.88. The van der Waals surface area contributed by atoms with Crippen LogP contribution in [0.4, 0.5) is 0 Å². The van der Waals surface area contributed by atoms with Gasteiger partial charge in [-0.15, -0.1) is 0 Å². The zero-order valence-corrected chi connectivity index (χ0v) is 10.5. The van der Waals surface area contributed by atoms with E-state index in [0.29, 0.717) is 5.56 Å². The lowest BCUT2D eigenvalue weighted by molar-refractivity contribution is 0.0990. The van der Waals surface area contributed by atoms with Crippen molar-refractivity contribution in [2.24, 2.45) is 0 Å². The number of hydrogen-bond acceptors (Lipinski definition) is 3. The molecule has 0 bridgehead atoms. The van der Waals surface area contributed by atoms with E-state index >= 15 is 0 Å². The molecule has 4 nitrogen and oxygen atoms in total. The van der Waals surface area contributed by atoms with Crippen molar-refractivity contribution >= 4 is 17.4 Å². The first kappa shape index (κ1) is 11.9. The summed E-state index contributed by atoms with van der Waals surface area (Å²) in [7, 11) is 0. The molecule has 5 heteroatoms. The minimum atomic E-state index is -0.0571. The molecule has 2 heterocycles. The molecule has 0 saturated heterocycles. The molecule has 90 valence electrons. The third-order valence-corrected chi connectivity index (χ3v) is 2.84. The Kier molecular flexibility index (Phi) is 3.33. The van der Waals surface area contributed by atoms with Crippen molar-refractivity contribution < 1.29 is 9.21 Å². The number of rotatable bonds is 4. The molecule has 0 aliphatic heterocycles. The molecule has 0 N–H and O–H groups in total. The van der Waals surface area contributed by atoms with Crippen LogP contribution in [0, 0.1) is 6.92 Å². The number of aryl methyl sites for hydroxylation is 2. The summed E-state index contributed by atoms with van der Waals surface area (Å²) in [6.07, 6.45) is 1.70. The van der Waals surface area contributed by atoms with Crippen molar-refractivity contribution in [2.45, 2.75) is 26.8 Å². The third kappa shape index (κ3) is 2.42. The number of carbonyl (C=O) groups excluding carboxylic acids is 1. The number of hydrogen-bond donors (Lipinski definition) is 0. The molecule has 0 unspecified atom stereocenters. The summed E-state index contributed by atoms with van der Waals surface area (Å²) in [4.78, 5) is 12.0. The summed E-state index contributed by atoms with van der Waals surface area (Å²) in [5.41, 5.74) is 2.23. The van der Waals surface area contributed by atoms with Gasteiger partial charge in [0.1, 0.15) is 0 Å². The van der Waals surface area contributed by atoms with Gasteiger partial charge in [-0.25, -0.2) is 0 Å². The number of halogens is 1. The van der Waals surface area contributed by atoms with Gasteiger partial charge in [0, 0.05) is 12.2 Å². The molecule has 17 heavy (non-hydrogen) atoms. The SMILES string of the molecule is CCn1nc(C)cc1CC(=O)c1ccoc1Cl. The smallest absolute Gasteiger partial charge is 0.203 e. The largest absolute Gasteiger partial charge is 0.452 e. The van der Waals surface area contributed by atoms with Crippen LogP contribution in [-0.4, -0.2) is 15.6 Å². The highest BCUT2D eigenvalue weighted by atomic mass is 35.5. The topological polar surface area (TPSA) is 48.0 Å². The van der Waals surface area contributed by atoms with Crippen molar-refractivity contribution in [3.63, 3.8) is 0 Å². The Balaban J connectivity index is 2.21. The second kappa shape index (κ2) is 4.75. The number of ketones is 1. The average molecular weight is 253 g/mol. The Labute approximate surface area is 104 Å². The maximum atomic E-state index is 12.0. The minimum Gasteiger partial charge on any atom is -0.452 e. The zero-order chi connectivity index (χ0) is 12.4. The van der Waals surface area contributed by atoms with Crippen LogP contribution in [0.15, 0.2) is 22.8 Å².